The molecule has 39 heavy (non-hydrogen) atoms. The number of carbonyl (C=O) groups is 1. The average Bonchev–Trinajstić information content (AvgIpc) is 3.39. The van der Waals surface area contributed by atoms with Crippen molar-refractivity contribution in [2.75, 3.05) is 92.9 Å². The summed E-state index contributed by atoms with van der Waals surface area (Å²) in [5.74, 6) is -0.0612. The average molecular weight is 559 g/mol. The van der Waals surface area contributed by atoms with Crippen molar-refractivity contribution in [3.05, 3.63) is 11.9 Å². The summed E-state index contributed by atoms with van der Waals surface area (Å²) in [5.41, 5.74) is 0.792. The van der Waals surface area contributed by atoms with Gasteiger partial charge in [-0.25, -0.2) is 9.98 Å². The third-order valence-corrected chi connectivity index (χ3v) is 4.91. The van der Waals surface area contributed by atoms with Crippen LogP contribution >= 0.6 is 0 Å². The van der Waals surface area contributed by atoms with Gasteiger partial charge >= 0.3 is 6.02 Å². The summed E-state index contributed by atoms with van der Waals surface area (Å²) in [6.07, 6.45) is 4.79. The lowest BCUT2D eigenvalue weighted by Crippen LogP contribution is -2.25. The number of hydrogen-bond donors (Lipinski definition) is 1. The minimum absolute atomic E-state index is 0.0612. The molecule has 1 heterocycles. The number of amides is 1. The van der Waals surface area contributed by atoms with Crippen LogP contribution in [-0.4, -0.2) is 127 Å². The molecule has 14 nitrogen and oxygen atoms in total. The number of aromatic nitrogens is 3. The van der Waals surface area contributed by atoms with E-state index in [1.54, 1.807) is 7.05 Å². The van der Waals surface area contributed by atoms with Crippen LogP contribution in [0.25, 0.3) is 0 Å². The Hall–Kier alpha value is -2.49. The first kappa shape index (κ1) is 34.5. The highest BCUT2D eigenvalue weighted by atomic mass is 16.6. The van der Waals surface area contributed by atoms with Crippen LogP contribution in [0.4, 0.5) is 0 Å². The van der Waals surface area contributed by atoms with Crippen LogP contribution in [0.2, 0.25) is 0 Å². The molecule has 0 radical (unpaired) electrons. The SMILES string of the molecule is C=NC(=NC)OCCCCCn1cc(COCCOCCOCCOCCOCCOCCNC(C)=O)nn1. The summed E-state index contributed by atoms with van der Waals surface area (Å²) in [6.45, 7) is 12.5. The van der Waals surface area contributed by atoms with Crippen LogP contribution in [0.1, 0.15) is 31.9 Å². The second kappa shape index (κ2) is 25.8. The Morgan fingerprint density at radius 1 is 0.846 bits per heavy atom. The molecule has 0 fully saturated rings. The number of carbonyl (C=O) groups excluding carboxylic acids is 1. The van der Waals surface area contributed by atoms with Crippen molar-refractivity contribution in [3.63, 3.8) is 0 Å². The molecule has 1 aromatic heterocycles. The van der Waals surface area contributed by atoms with Crippen LogP contribution in [0, 0.1) is 0 Å². The van der Waals surface area contributed by atoms with E-state index in [1.807, 2.05) is 10.9 Å². The van der Waals surface area contributed by atoms with Crippen molar-refractivity contribution in [1.29, 1.82) is 0 Å². The van der Waals surface area contributed by atoms with Gasteiger partial charge in [-0.1, -0.05) is 5.21 Å². The van der Waals surface area contributed by atoms with E-state index in [4.69, 9.17) is 33.2 Å². The van der Waals surface area contributed by atoms with Crippen molar-refractivity contribution >= 4 is 18.6 Å². The summed E-state index contributed by atoms with van der Waals surface area (Å²) in [6, 6.07) is 0.325. The molecule has 0 bridgehead atoms. The molecule has 1 rings (SSSR count). The Bertz CT molecular complexity index is 765. The number of hydrogen-bond acceptors (Lipinski definition) is 11. The first-order valence-corrected chi connectivity index (χ1v) is 13.3. The molecule has 0 aromatic carbocycles. The lowest BCUT2D eigenvalue weighted by atomic mass is 10.2. The highest BCUT2D eigenvalue weighted by Gasteiger charge is 2.02. The zero-order valence-corrected chi connectivity index (χ0v) is 23.5. The summed E-state index contributed by atoms with van der Waals surface area (Å²) < 4.78 is 39.9. The molecule has 0 aliphatic rings. The van der Waals surface area contributed by atoms with E-state index in [-0.39, 0.29) is 5.91 Å². The molecule has 0 aliphatic carbocycles. The Balaban J connectivity index is 1.80. The summed E-state index contributed by atoms with van der Waals surface area (Å²) in [4.78, 5) is 18.2. The van der Waals surface area contributed by atoms with E-state index in [2.05, 4.69) is 32.3 Å². The van der Waals surface area contributed by atoms with Crippen LogP contribution in [-0.2, 0) is 51.1 Å². The third kappa shape index (κ3) is 22.1. The van der Waals surface area contributed by atoms with Crippen molar-refractivity contribution in [2.24, 2.45) is 9.98 Å². The molecule has 0 aliphatic heterocycles. The van der Waals surface area contributed by atoms with Crippen LogP contribution in [0.3, 0.4) is 0 Å². The van der Waals surface area contributed by atoms with Crippen molar-refractivity contribution < 1.29 is 38.0 Å². The number of ether oxygens (including phenoxy) is 7. The maximum atomic E-state index is 10.7. The predicted octanol–water partition coefficient (Wildman–Crippen LogP) is 0.887. The standard InChI is InChI=1S/C25H46N6O8/c1-23(32)28-7-10-33-11-12-34-13-14-35-15-16-36-17-18-37-19-20-38-22-24-21-31(30-29-24)8-5-4-6-9-39-25(26-2)27-3/h21H,2,4-20,22H2,1,3H3,(H,28,32). The van der Waals surface area contributed by atoms with Crippen molar-refractivity contribution in [2.45, 2.75) is 39.3 Å². The lowest BCUT2D eigenvalue weighted by molar-refractivity contribution is -0.119. The van der Waals surface area contributed by atoms with Crippen molar-refractivity contribution in [3.8, 4) is 0 Å². The smallest absolute Gasteiger partial charge is 0.310 e. The lowest BCUT2D eigenvalue weighted by Gasteiger charge is -2.08. The van der Waals surface area contributed by atoms with Crippen molar-refractivity contribution in [1.82, 2.24) is 20.3 Å². The molecular weight excluding hydrogens is 512 g/mol. The normalized spacial score (nSPS) is 11.6. The summed E-state index contributed by atoms with van der Waals surface area (Å²) in [7, 11) is 1.62. The predicted molar refractivity (Wildman–Crippen MR) is 145 cm³/mol. The largest absolute Gasteiger partial charge is 0.464 e. The van der Waals surface area contributed by atoms with Gasteiger partial charge in [0.1, 0.15) is 5.69 Å². The van der Waals surface area contributed by atoms with Gasteiger partial charge in [0.25, 0.3) is 0 Å². The van der Waals surface area contributed by atoms with E-state index in [9.17, 15) is 4.79 Å². The van der Waals surface area contributed by atoms with Crippen LogP contribution in [0.15, 0.2) is 16.2 Å². The van der Waals surface area contributed by atoms with E-state index in [1.165, 1.54) is 6.92 Å². The maximum absolute atomic E-state index is 10.7. The molecule has 1 aromatic rings. The van der Waals surface area contributed by atoms with Gasteiger partial charge in [0.15, 0.2) is 0 Å². The van der Waals surface area contributed by atoms with Gasteiger partial charge in [-0.3, -0.25) is 9.48 Å². The van der Waals surface area contributed by atoms with Crippen LogP contribution in [0.5, 0.6) is 0 Å². The summed E-state index contributed by atoms with van der Waals surface area (Å²) >= 11 is 0. The molecule has 224 valence electrons. The number of aryl methyl sites for hydroxylation is 1. The molecule has 14 heteroatoms. The van der Waals surface area contributed by atoms with E-state index in [0.717, 1.165) is 31.5 Å². The number of rotatable bonds is 26. The highest BCUT2D eigenvalue weighted by Crippen LogP contribution is 2.02. The van der Waals surface area contributed by atoms with Gasteiger partial charge in [-0.2, -0.15) is 0 Å². The monoisotopic (exact) mass is 558 g/mol. The van der Waals surface area contributed by atoms with Gasteiger partial charge in [0.2, 0.25) is 5.91 Å². The number of nitrogens with one attached hydrogen (secondary N) is 1. The van der Waals surface area contributed by atoms with E-state index < -0.39 is 0 Å². The molecular formula is C25H46N6O8. The molecule has 0 spiro atoms. The number of amidine groups is 1. The van der Waals surface area contributed by atoms with Crippen LogP contribution < -0.4 is 5.32 Å². The highest BCUT2D eigenvalue weighted by molar-refractivity contribution is 5.78. The van der Waals surface area contributed by atoms with Gasteiger partial charge in [0.05, 0.1) is 92.1 Å². The minimum atomic E-state index is -0.0612. The van der Waals surface area contributed by atoms with Gasteiger partial charge < -0.3 is 38.5 Å². The fourth-order valence-corrected chi connectivity index (χ4v) is 2.99. The van der Waals surface area contributed by atoms with E-state index >= 15 is 0 Å². The second-order valence-electron chi connectivity index (χ2n) is 8.14. The number of nitrogens with zero attached hydrogens (tertiary/aromatic N) is 5. The topological polar surface area (TPSA) is 149 Å². The maximum Gasteiger partial charge on any atom is 0.310 e. The zero-order chi connectivity index (χ0) is 28.2. The Morgan fingerprint density at radius 2 is 1.41 bits per heavy atom. The zero-order valence-electron chi connectivity index (χ0n) is 23.5. The fourth-order valence-electron chi connectivity index (χ4n) is 2.99. The Morgan fingerprint density at radius 3 is 1.95 bits per heavy atom. The van der Waals surface area contributed by atoms with Gasteiger partial charge in [0, 0.05) is 27.1 Å². The number of unbranched alkanes of at least 4 members (excludes halogenated alkanes) is 2. The fraction of sp³-hybridized carbons (Fsp3) is 0.800. The molecule has 0 saturated carbocycles. The van der Waals surface area contributed by atoms with Gasteiger partial charge in [-0.15, -0.1) is 5.10 Å². The number of aliphatic imine (C=N–C) groups is 2. The van der Waals surface area contributed by atoms with Gasteiger partial charge in [-0.05, 0) is 26.0 Å². The summed E-state index contributed by atoms with van der Waals surface area (Å²) in [5, 5.41) is 10.9. The molecule has 0 unspecified atom stereocenters. The molecule has 0 saturated heterocycles. The minimum Gasteiger partial charge on any atom is -0.464 e. The first-order valence-electron chi connectivity index (χ1n) is 13.3. The molecule has 1 amide bonds. The van der Waals surface area contributed by atoms with E-state index in [0.29, 0.717) is 98.5 Å². The quantitative estimate of drug-likeness (QED) is 0.0987. The Labute approximate surface area is 231 Å². The Kier molecular flexibility index (Phi) is 22.8. The molecule has 1 N–H and O–H groups in total. The first-order chi connectivity index (χ1) is 19.2. The molecule has 0 atom stereocenters. The third-order valence-electron chi connectivity index (χ3n) is 4.91. The second-order valence-corrected chi connectivity index (χ2v) is 8.14.